The van der Waals surface area contributed by atoms with Crippen LogP contribution in [0.15, 0.2) is 67.3 Å². The Balaban J connectivity index is 1.41. The van der Waals surface area contributed by atoms with Gasteiger partial charge in [0.2, 0.25) is 5.88 Å². The summed E-state index contributed by atoms with van der Waals surface area (Å²) in [5.74, 6) is 1.89. The average Bonchev–Trinajstić information content (AvgIpc) is 3.18. The van der Waals surface area contributed by atoms with Crippen molar-refractivity contribution in [3.05, 3.63) is 84.2 Å². The van der Waals surface area contributed by atoms with E-state index in [1.54, 1.807) is 19.6 Å². The first-order chi connectivity index (χ1) is 16.1. The van der Waals surface area contributed by atoms with E-state index < -0.39 is 0 Å². The molecular formula is C25H26N6O2. The molecule has 0 fully saturated rings. The molecular weight excluding hydrogens is 416 g/mol. The molecule has 5 rings (SSSR count). The molecule has 2 aromatic heterocycles. The summed E-state index contributed by atoms with van der Waals surface area (Å²) in [5, 5.41) is 3.33. The lowest BCUT2D eigenvalue weighted by Gasteiger charge is -2.20. The summed E-state index contributed by atoms with van der Waals surface area (Å²) in [6.45, 7) is 3.40. The molecule has 4 aromatic rings. The Morgan fingerprint density at radius 3 is 2.73 bits per heavy atom. The van der Waals surface area contributed by atoms with Crippen LogP contribution in [-0.4, -0.2) is 45.1 Å². The standard InChI is InChI=1S/C25H26N6O2/c1-17-13-31(16-27-17)21-10-9-19(11-22(21)32-3)28-24-12-26-20-14-30(2)15-23(33-25(20)29-24)18-7-5-4-6-8-18/h4-13,16,23H,14-15H2,1-3H3,(H,28,29). The fourth-order valence-corrected chi connectivity index (χ4v) is 3.95. The number of likely N-dealkylation sites (N-methyl/N-ethyl adjacent to an activating group) is 1. The van der Waals surface area contributed by atoms with Crippen molar-refractivity contribution in [2.75, 3.05) is 26.0 Å². The molecule has 1 N–H and O–H groups in total. The van der Waals surface area contributed by atoms with Gasteiger partial charge in [-0.2, -0.15) is 4.98 Å². The highest BCUT2D eigenvalue weighted by Gasteiger charge is 2.24. The first kappa shape index (κ1) is 21.0. The Morgan fingerprint density at radius 2 is 1.97 bits per heavy atom. The first-order valence-electron chi connectivity index (χ1n) is 10.8. The summed E-state index contributed by atoms with van der Waals surface area (Å²) in [5.41, 5.74) is 4.64. The molecule has 33 heavy (non-hydrogen) atoms. The topological polar surface area (TPSA) is 77.3 Å². The molecule has 0 saturated heterocycles. The summed E-state index contributed by atoms with van der Waals surface area (Å²) in [6.07, 6.45) is 5.36. The number of fused-ring (bicyclic) bond motifs is 1. The van der Waals surface area contributed by atoms with Gasteiger partial charge >= 0.3 is 0 Å². The van der Waals surface area contributed by atoms with Crippen molar-refractivity contribution in [2.45, 2.75) is 19.6 Å². The van der Waals surface area contributed by atoms with Gasteiger partial charge < -0.3 is 19.4 Å². The number of hydrogen-bond acceptors (Lipinski definition) is 7. The first-order valence-corrected chi connectivity index (χ1v) is 10.8. The fraction of sp³-hybridized carbons (Fsp3) is 0.240. The molecule has 1 unspecified atom stereocenters. The summed E-state index contributed by atoms with van der Waals surface area (Å²) in [6, 6.07) is 16.1. The van der Waals surface area contributed by atoms with Gasteiger partial charge in [-0.1, -0.05) is 30.3 Å². The quantitative estimate of drug-likeness (QED) is 0.494. The van der Waals surface area contributed by atoms with E-state index in [0.29, 0.717) is 18.2 Å². The van der Waals surface area contributed by atoms with Gasteiger partial charge in [0.25, 0.3) is 0 Å². The number of rotatable bonds is 5. The largest absolute Gasteiger partial charge is 0.494 e. The number of methoxy groups -OCH3 is 1. The minimum Gasteiger partial charge on any atom is -0.494 e. The second kappa shape index (κ2) is 8.91. The van der Waals surface area contributed by atoms with E-state index in [1.807, 2.05) is 54.1 Å². The van der Waals surface area contributed by atoms with Crippen molar-refractivity contribution in [3.8, 4) is 17.3 Å². The Bertz CT molecular complexity index is 1260. The number of aromatic nitrogens is 4. The molecule has 8 heteroatoms. The van der Waals surface area contributed by atoms with Crippen LogP contribution in [0.25, 0.3) is 5.69 Å². The maximum atomic E-state index is 6.33. The Hall–Kier alpha value is -3.91. The summed E-state index contributed by atoms with van der Waals surface area (Å²) in [7, 11) is 3.72. The van der Waals surface area contributed by atoms with Crippen LogP contribution in [0.4, 0.5) is 11.5 Å². The van der Waals surface area contributed by atoms with Crippen LogP contribution >= 0.6 is 0 Å². The molecule has 0 aliphatic carbocycles. The van der Waals surface area contributed by atoms with Crippen LogP contribution in [-0.2, 0) is 6.54 Å². The lowest BCUT2D eigenvalue weighted by molar-refractivity contribution is 0.160. The number of benzene rings is 2. The zero-order valence-corrected chi connectivity index (χ0v) is 18.9. The Kier molecular flexibility index (Phi) is 5.66. The number of ether oxygens (including phenoxy) is 2. The van der Waals surface area contributed by atoms with Crippen LogP contribution in [0, 0.1) is 6.92 Å². The smallest absolute Gasteiger partial charge is 0.239 e. The van der Waals surface area contributed by atoms with Crippen LogP contribution in [0.5, 0.6) is 11.6 Å². The lowest BCUT2D eigenvalue weighted by Crippen LogP contribution is -2.24. The maximum absolute atomic E-state index is 6.33. The zero-order chi connectivity index (χ0) is 22.8. The summed E-state index contributed by atoms with van der Waals surface area (Å²) in [4.78, 5) is 15.9. The molecule has 0 amide bonds. The van der Waals surface area contributed by atoms with Crippen LogP contribution in [0.1, 0.15) is 23.1 Å². The molecule has 3 heterocycles. The molecule has 0 bridgehead atoms. The Labute approximate surface area is 192 Å². The average molecular weight is 443 g/mol. The predicted molar refractivity (Wildman–Crippen MR) is 126 cm³/mol. The van der Waals surface area contributed by atoms with Gasteiger partial charge in [0, 0.05) is 31.0 Å². The van der Waals surface area contributed by atoms with E-state index in [9.17, 15) is 0 Å². The highest BCUT2D eigenvalue weighted by atomic mass is 16.5. The number of aryl methyl sites for hydroxylation is 1. The van der Waals surface area contributed by atoms with Crippen LogP contribution < -0.4 is 14.8 Å². The van der Waals surface area contributed by atoms with Crippen molar-refractivity contribution in [1.82, 2.24) is 24.4 Å². The van der Waals surface area contributed by atoms with E-state index in [4.69, 9.17) is 14.5 Å². The Morgan fingerprint density at radius 1 is 1.12 bits per heavy atom. The number of nitrogens with one attached hydrogen (secondary N) is 1. The molecule has 1 aliphatic rings. The lowest BCUT2D eigenvalue weighted by atomic mass is 10.1. The highest BCUT2D eigenvalue weighted by Crippen LogP contribution is 2.31. The van der Waals surface area contributed by atoms with Gasteiger partial charge in [-0.05, 0) is 31.7 Å². The van der Waals surface area contributed by atoms with Gasteiger partial charge in [-0.3, -0.25) is 9.88 Å². The molecule has 1 atom stereocenters. The third kappa shape index (κ3) is 4.51. The van der Waals surface area contributed by atoms with Gasteiger partial charge in [0.05, 0.1) is 31.0 Å². The fourth-order valence-electron chi connectivity index (χ4n) is 3.95. The van der Waals surface area contributed by atoms with E-state index in [1.165, 1.54) is 0 Å². The maximum Gasteiger partial charge on any atom is 0.239 e. The molecule has 1 aliphatic heterocycles. The molecule has 8 nitrogen and oxygen atoms in total. The van der Waals surface area contributed by atoms with Gasteiger partial charge in [0.15, 0.2) is 5.82 Å². The van der Waals surface area contributed by atoms with Gasteiger partial charge in [0.1, 0.15) is 17.5 Å². The number of nitrogens with zero attached hydrogens (tertiary/aromatic N) is 5. The van der Waals surface area contributed by atoms with E-state index in [2.05, 4.69) is 39.4 Å². The van der Waals surface area contributed by atoms with E-state index in [-0.39, 0.29) is 6.10 Å². The molecule has 0 saturated carbocycles. The summed E-state index contributed by atoms with van der Waals surface area (Å²) < 4.78 is 13.9. The van der Waals surface area contributed by atoms with Gasteiger partial charge in [-0.25, -0.2) is 4.98 Å². The molecule has 2 aromatic carbocycles. The second-order valence-corrected chi connectivity index (χ2v) is 8.15. The third-order valence-electron chi connectivity index (χ3n) is 5.58. The van der Waals surface area contributed by atoms with Crippen molar-refractivity contribution in [1.29, 1.82) is 0 Å². The van der Waals surface area contributed by atoms with Crippen molar-refractivity contribution < 1.29 is 9.47 Å². The van der Waals surface area contributed by atoms with Crippen LogP contribution in [0.2, 0.25) is 0 Å². The normalized spacial score (nSPS) is 15.9. The monoisotopic (exact) mass is 442 g/mol. The van der Waals surface area contributed by atoms with Crippen molar-refractivity contribution >= 4 is 11.5 Å². The molecule has 0 radical (unpaired) electrons. The van der Waals surface area contributed by atoms with Crippen molar-refractivity contribution in [2.24, 2.45) is 0 Å². The minimum atomic E-state index is -0.111. The molecule has 0 spiro atoms. The predicted octanol–water partition coefficient (Wildman–Crippen LogP) is 4.29. The SMILES string of the molecule is COc1cc(Nc2cnc3c(n2)OC(c2ccccc2)CN(C)C3)ccc1-n1cnc(C)c1. The van der Waals surface area contributed by atoms with E-state index >= 15 is 0 Å². The third-order valence-corrected chi connectivity index (χ3v) is 5.58. The number of anilines is 2. The van der Waals surface area contributed by atoms with Crippen LogP contribution in [0.3, 0.4) is 0 Å². The number of hydrogen-bond donors (Lipinski definition) is 1. The second-order valence-electron chi connectivity index (χ2n) is 8.15. The highest BCUT2D eigenvalue weighted by molar-refractivity contribution is 5.63. The number of imidazole rings is 1. The summed E-state index contributed by atoms with van der Waals surface area (Å²) >= 11 is 0. The zero-order valence-electron chi connectivity index (χ0n) is 18.9. The molecule has 168 valence electrons. The van der Waals surface area contributed by atoms with Gasteiger partial charge in [-0.15, -0.1) is 0 Å². The van der Waals surface area contributed by atoms with E-state index in [0.717, 1.165) is 40.6 Å². The van der Waals surface area contributed by atoms with Crippen molar-refractivity contribution in [3.63, 3.8) is 0 Å². The minimum absolute atomic E-state index is 0.111.